The summed E-state index contributed by atoms with van der Waals surface area (Å²) in [6.07, 6.45) is -0.565. The molecule has 2 rings (SSSR count). The van der Waals surface area contributed by atoms with Gasteiger partial charge in [-0.3, -0.25) is 19.7 Å². The number of carbonyl (C=O) groups is 2. The fourth-order valence-corrected chi connectivity index (χ4v) is 2.68. The predicted octanol–water partition coefficient (Wildman–Crippen LogP) is 3.67. The molecule has 0 radical (unpaired) electrons. The smallest absolute Gasteiger partial charge is 0.314 e. The van der Waals surface area contributed by atoms with Crippen molar-refractivity contribution in [2.75, 3.05) is 12.4 Å². The third kappa shape index (κ3) is 5.06. The number of carbonyl (C=O) groups excluding carboxylic acids is 2. The van der Waals surface area contributed by atoms with Crippen LogP contribution in [0.3, 0.4) is 0 Å². The van der Waals surface area contributed by atoms with Crippen molar-refractivity contribution in [3.05, 3.63) is 64.2 Å². The van der Waals surface area contributed by atoms with Crippen molar-refractivity contribution in [1.82, 2.24) is 0 Å². The van der Waals surface area contributed by atoms with Crippen LogP contribution in [0.4, 0.5) is 11.4 Å². The van der Waals surface area contributed by atoms with E-state index in [2.05, 4.69) is 5.32 Å². The molecule has 1 amide bonds. The first-order valence-corrected chi connectivity index (χ1v) is 8.76. The zero-order chi connectivity index (χ0) is 20.7. The number of esters is 1. The number of nitro benzene ring substituents is 1. The van der Waals surface area contributed by atoms with Gasteiger partial charge < -0.3 is 14.8 Å². The van der Waals surface area contributed by atoms with Gasteiger partial charge in [-0.15, -0.1) is 0 Å². The molecule has 8 heteroatoms. The van der Waals surface area contributed by atoms with Gasteiger partial charge in [0.25, 0.3) is 11.6 Å². The molecule has 0 saturated carbocycles. The molecule has 2 aromatic rings. The molecule has 28 heavy (non-hydrogen) atoms. The Kier molecular flexibility index (Phi) is 7.08. The summed E-state index contributed by atoms with van der Waals surface area (Å²) in [6, 6.07) is 13.0. The second-order valence-electron chi connectivity index (χ2n) is 6.08. The summed E-state index contributed by atoms with van der Waals surface area (Å²) in [4.78, 5) is 35.3. The average molecular weight is 386 g/mol. The van der Waals surface area contributed by atoms with E-state index in [4.69, 9.17) is 9.47 Å². The molecule has 0 aliphatic carbocycles. The van der Waals surface area contributed by atoms with E-state index in [0.29, 0.717) is 6.42 Å². The number of non-ortho nitro benzene ring substituents is 1. The van der Waals surface area contributed by atoms with Gasteiger partial charge in [0.05, 0.1) is 23.6 Å². The lowest BCUT2D eigenvalue weighted by Crippen LogP contribution is -2.32. The Labute approximate surface area is 162 Å². The van der Waals surface area contributed by atoms with E-state index in [1.807, 2.05) is 37.3 Å². The molecule has 0 spiro atoms. The van der Waals surface area contributed by atoms with Crippen LogP contribution in [0, 0.1) is 10.1 Å². The van der Waals surface area contributed by atoms with Gasteiger partial charge in [-0.05, 0) is 25.0 Å². The minimum absolute atomic E-state index is 0.125. The van der Waals surface area contributed by atoms with Gasteiger partial charge in [0.1, 0.15) is 5.75 Å². The first-order chi connectivity index (χ1) is 13.4. The third-order valence-corrected chi connectivity index (χ3v) is 4.21. The van der Waals surface area contributed by atoms with E-state index in [1.165, 1.54) is 32.2 Å². The van der Waals surface area contributed by atoms with E-state index in [1.54, 1.807) is 0 Å². The van der Waals surface area contributed by atoms with Crippen LogP contribution in [0.5, 0.6) is 5.75 Å². The molecule has 0 aliphatic heterocycles. The summed E-state index contributed by atoms with van der Waals surface area (Å²) in [5.41, 5.74) is 0.735. The lowest BCUT2D eigenvalue weighted by Gasteiger charge is -2.19. The molecule has 0 fully saturated rings. The Morgan fingerprint density at radius 3 is 2.43 bits per heavy atom. The molecule has 0 heterocycles. The highest BCUT2D eigenvalue weighted by molar-refractivity contribution is 5.97. The van der Waals surface area contributed by atoms with Crippen molar-refractivity contribution in [2.24, 2.45) is 0 Å². The fraction of sp³-hybridized carbons (Fsp3) is 0.300. The molecular formula is C20H22N2O6. The molecule has 2 aromatic carbocycles. The van der Waals surface area contributed by atoms with Crippen molar-refractivity contribution in [2.45, 2.75) is 32.3 Å². The molecule has 0 saturated heterocycles. The number of methoxy groups -OCH3 is 1. The summed E-state index contributed by atoms with van der Waals surface area (Å²) < 4.78 is 10.4. The number of nitrogens with one attached hydrogen (secondary N) is 1. The van der Waals surface area contributed by atoms with Crippen LogP contribution in [0.1, 0.15) is 31.7 Å². The maximum absolute atomic E-state index is 12.5. The summed E-state index contributed by atoms with van der Waals surface area (Å²) >= 11 is 0. The van der Waals surface area contributed by atoms with Crippen molar-refractivity contribution in [3.8, 4) is 5.75 Å². The highest BCUT2D eigenvalue weighted by Crippen LogP contribution is 2.29. The number of benzene rings is 2. The van der Waals surface area contributed by atoms with E-state index >= 15 is 0 Å². The highest BCUT2D eigenvalue weighted by Gasteiger charge is 2.26. The molecule has 1 N–H and O–H groups in total. The van der Waals surface area contributed by atoms with Gasteiger partial charge in [0.15, 0.2) is 6.10 Å². The van der Waals surface area contributed by atoms with E-state index in [-0.39, 0.29) is 17.1 Å². The highest BCUT2D eigenvalue weighted by atomic mass is 16.6. The minimum atomic E-state index is -1.09. The van der Waals surface area contributed by atoms with Crippen LogP contribution in [-0.4, -0.2) is 30.0 Å². The quantitative estimate of drug-likeness (QED) is 0.421. The van der Waals surface area contributed by atoms with Gasteiger partial charge >= 0.3 is 5.97 Å². The Morgan fingerprint density at radius 2 is 1.86 bits per heavy atom. The maximum atomic E-state index is 12.5. The third-order valence-electron chi connectivity index (χ3n) is 4.21. The molecular weight excluding hydrogens is 364 g/mol. The Morgan fingerprint density at radius 1 is 1.18 bits per heavy atom. The number of hydrogen-bond acceptors (Lipinski definition) is 6. The number of ether oxygens (including phenoxy) is 2. The molecule has 0 aromatic heterocycles. The minimum Gasteiger partial charge on any atom is -0.495 e. The SMILES string of the molecule is CC[C@H](C(=O)O[C@H](C)C(=O)Nc1cc([N+](=O)[O-])ccc1OC)c1ccccc1. The number of amides is 1. The van der Waals surface area contributed by atoms with Crippen molar-refractivity contribution in [3.63, 3.8) is 0 Å². The van der Waals surface area contributed by atoms with E-state index in [0.717, 1.165) is 5.56 Å². The van der Waals surface area contributed by atoms with Crippen molar-refractivity contribution < 1.29 is 24.0 Å². The first-order valence-electron chi connectivity index (χ1n) is 8.76. The normalized spacial score (nSPS) is 12.5. The predicted molar refractivity (Wildman–Crippen MR) is 103 cm³/mol. The van der Waals surface area contributed by atoms with Crippen LogP contribution in [0.2, 0.25) is 0 Å². The van der Waals surface area contributed by atoms with Crippen molar-refractivity contribution >= 4 is 23.3 Å². The number of hydrogen-bond donors (Lipinski definition) is 1. The number of nitro groups is 1. The van der Waals surface area contributed by atoms with Crippen LogP contribution < -0.4 is 10.1 Å². The second kappa shape index (κ2) is 9.50. The summed E-state index contributed by atoms with van der Waals surface area (Å²) in [6.45, 7) is 3.30. The second-order valence-corrected chi connectivity index (χ2v) is 6.08. The van der Waals surface area contributed by atoms with Crippen molar-refractivity contribution in [1.29, 1.82) is 0 Å². The van der Waals surface area contributed by atoms with Gasteiger partial charge in [-0.1, -0.05) is 37.3 Å². The first kappa shape index (κ1) is 20.9. The lowest BCUT2D eigenvalue weighted by atomic mass is 9.97. The van der Waals surface area contributed by atoms with Gasteiger partial charge in [-0.2, -0.15) is 0 Å². The molecule has 2 atom stereocenters. The summed E-state index contributed by atoms with van der Waals surface area (Å²) in [5.74, 6) is -1.35. The fourth-order valence-electron chi connectivity index (χ4n) is 2.68. The Hall–Kier alpha value is -3.42. The number of nitrogens with zero attached hydrogens (tertiary/aromatic N) is 1. The zero-order valence-electron chi connectivity index (χ0n) is 15.9. The van der Waals surface area contributed by atoms with E-state index < -0.39 is 28.8 Å². The Bertz CT molecular complexity index is 853. The van der Waals surface area contributed by atoms with Crippen LogP contribution in [-0.2, 0) is 14.3 Å². The van der Waals surface area contributed by atoms with Crippen LogP contribution in [0.25, 0.3) is 0 Å². The monoisotopic (exact) mass is 386 g/mol. The molecule has 0 unspecified atom stereocenters. The van der Waals surface area contributed by atoms with Gasteiger partial charge in [0.2, 0.25) is 0 Å². The maximum Gasteiger partial charge on any atom is 0.314 e. The van der Waals surface area contributed by atoms with Gasteiger partial charge in [0, 0.05) is 12.1 Å². The average Bonchev–Trinajstić information content (AvgIpc) is 2.69. The largest absolute Gasteiger partial charge is 0.495 e. The molecule has 0 aliphatic rings. The molecule has 148 valence electrons. The molecule has 0 bridgehead atoms. The van der Waals surface area contributed by atoms with Crippen LogP contribution in [0.15, 0.2) is 48.5 Å². The summed E-state index contributed by atoms with van der Waals surface area (Å²) in [7, 11) is 1.38. The molecule has 8 nitrogen and oxygen atoms in total. The topological polar surface area (TPSA) is 108 Å². The zero-order valence-corrected chi connectivity index (χ0v) is 15.9. The lowest BCUT2D eigenvalue weighted by molar-refractivity contribution is -0.384. The van der Waals surface area contributed by atoms with E-state index in [9.17, 15) is 19.7 Å². The van der Waals surface area contributed by atoms with Crippen LogP contribution >= 0.6 is 0 Å². The Balaban J connectivity index is 2.09. The number of rotatable bonds is 8. The summed E-state index contributed by atoms with van der Waals surface area (Å²) in [5, 5.41) is 13.5. The standard InChI is InChI=1S/C20H22N2O6/c1-4-16(14-8-6-5-7-9-14)20(24)28-13(2)19(23)21-17-12-15(22(25)26)10-11-18(17)27-3/h5-13,16H,4H2,1-3H3,(H,21,23)/t13-,16+/m1/s1. The van der Waals surface area contributed by atoms with Gasteiger partial charge in [-0.25, -0.2) is 0 Å². The number of anilines is 1.